The Bertz CT molecular complexity index is 727. The van der Waals surface area contributed by atoms with Gasteiger partial charge in [0, 0.05) is 30.8 Å². The Morgan fingerprint density at radius 1 is 1.22 bits per heavy atom. The molecule has 0 spiro atoms. The molecule has 3 rings (SSSR count). The van der Waals surface area contributed by atoms with E-state index in [1.165, 1.54) is 12.1 Å². The summed E-state index contributed by atoms with van der Waals surface area (Å²) in [6.45, 7) is 2.84. The number of piperidine rings is 1. The number of hydrogen-bond acceptors (Lipinski definition) is 3. The number of hydrogen-bond donors (Lipinski definition) is 1. The number of nitrogens with one attached hydrogen (secondary N) is 1. The largest absolute Gasteiger partial charge is 0.472 e. The number of likely N-dealkylation sites (tertiary alicyclic amines) is 1. The molecule has 1 unspecified atom stereocenters. The third-order valence-corrected chi connectivity index (χ3v) is 4.87. The van der Waals surface area contributed by atoms with E-state index in [1.807, 2.05) is 6.07 Å². The van der Waals surface area contributed by atoms with Crippen LogP contribution in [0, 0.1) is 5.92 Å². The molecule has 1 amide bonds. The molecule has 1 aliphatic rings. The molecular formula is C20H23F3N2O2. The van der Waals surface area contributed by atoms with Gasteiger partial charge in [-0.15, -0.1) is 0 Å². The highest BCUT2D eigenvalue weighted by atomic mass is 19.4. The van der Waals surface area contributed by atoms with E-state index in [-0.39, 0.29) is 5.91 Å². The Labute approximate surface area is 156 Å². The predicted octanol–water partition coefficient (Wildman–Crippen LogP) is 4.93. The minimum absolute atomic E-state index is 0.165. The number of carbonyl (C=O) groups excluding carboxylic acids is 1. The van der Waals surface area contributed by atoms with Crippen LogP contribution >= 0.6 is 0 Å². The number of anilines is 1. The first-order chi connectivity index (χ1) is 12.9. The number of carbonyl (C=O) groups is 1. The fourth-order valence-electron chi connectivity index (χ4n) is 3.47. The van der Waals surface area contributed by atoms with Crippen molar-refractivity contribution < 1.29 is 22.4 Å². The molecule has 7 heteroatoms. The fraction of sp³-hybridized carbons (Fsp3) is 0.450. The van der Waals surface area contributed by atoms with Gasteiger partial charge in [0.15, 0.2) is 0 Å². The van der Waals surface area contributed by atoms with E-state index in [0.717, 1.165) is 56.6 Å². The number of benzene rings is 1. The molecule has 1 aromatic heterocycles. The fourth-order valence-corrected chi connectivity index (χ4v) is 3.47. The molecule has 1 N–H and O–H groups in total. The molecule has 2 heterocycles. The molecule has 1 aliphatic heterocycles. The van der Waals surface area contributed by atoms with Crippen molar-refractivity contribution in [3.63, 3.8) is 0 Å². The Hall–Kier alpha value is -2.28. The Kier molecular flexibility index (Phi) is 6.21. The van der Waals surface area contributed by atoms with Gasteiger partial charge in [-0.1, -0.05) is 0 Å². The van der Waals surface area contributed by atoms with E-state index in [2.05, 4.69) is 10.2 Å². The first-order valence-electron chi connectivity index (χ1n) is 9.11. The quantitative estimate of drug-likeness (QED) is 0.773. The summed E-state index contributed by atoms with van der Waals surface area (Å²) < 4.78 is 42.8. The number of amides is 1. The van der Waals surface area contributed by atoms with Gasteiger partial charge in [0.25, 0.3) is 0 Å². The lowest BCUT2D eigenvalue weighted by Crippen LogP contribution is -2.35. The molecule has 2 aromatic rings. The van der Waals surface area contributed by atoms with Gasteiger partial charge in [-0.2, -0.15) is 13.2 Å². The van der Waals surface area contributed by atoms with E-state index in [9.17, 15) is 18.0 Å². The third-order valence-electron chi connectivity index (χ3n) is 4.87. The zero-order valence-corrected chi connectivity index (χ0v) is 15.0. The van der Waals surface area contributed by atoms with Gasteiger partial charge in [0.2, 0.25) is 5.91 Å². The van der Waals surface area contributed by atoms with Crippen LogP contribution in [0.3, 0.4) is 0 Å². The molecule has 1 fully saturated rings. The summed E-state index contributed by atoms with van der Waals surface area (Å²) in [5.41, 5.74) is 0.814. The molecular weight excluding hydrogens is 357 g/mol. The second-order valence-electron chi connectivity index (χ2n) is 7.04. The van der Waals surface area contributed by atoms with Crippen molar-refractivity contribution in [1.29, 1.82) is 0 Å². The van der Waals surface area contributed by atoms with Crippen molar-refractivity contribution in [3.8, 4) is 0 Å². The number of furan rings is 1. The molecule has 4 nitrogen and oxygen atoms in total. The van der Waals surface area contributed by atoms with Gasteiger partial charge in [-0.25, -0.2) is 0 Å². The van der Waals surface area contributed by atoms with E-state index < -0.39 is 11.7 Å². The molecule has 27 heavy (non-hydrogen) atoms. The first kappa shape index (κ1) is 19.5. The molecule has 1 aromatic carbocycles. The van der Waals surface area contributed by atoms with Crippen molar-refractivity contribution in [2.24, 2.45) is 5.92 Å². The van der Waals surface area contributed by atoms with Gasteiger partial charge in [-0.3, -0.25) is 9.69 Å². The smallest absolute Gasteiger partial charge is 0.416 e. The van der Waals surface area contributed by atoms with E-state index in [4.69, 9.17) is 4.42 Å². The van der Waals surface area contributed by atoms with Crippen LogP contribution in [0.15, 0.2) is 47.3 Å². The monoisotopic (exact) mass is 380 g/mol. The Morgan fingerprint density at radius 3 is 2.67 bits per heavy atom. The Morgan fingerprint density at radius 2 is 2.00 bits per heavy atom. The average molecular weight is 380 g/mol. The summed E-state index contributed by atoms with van der Waals surface area (Å²) in [5, 5.41) is 2.68. The van der Waals surface area contributed by atoms with Crippen LogP contribution in [0.5, 0.6) is 0 Å². The molecule has 1 saturated heterocycles. The van der Waals surface area contributed by atoms with Crippen molar-refractivity contribution in [3.05, 3.63) is 54.0 Å². The third kappa shape index (κ3) is 5.85. The summed E-state index contributed by atoms with van der Waals surface area (Å²) in [4.78, 5) is 14.5. The zero-order valence-electron chi connectivity index (χ0n) is 15.0. The van der Waals surface area contributed by atoms with Gasteiger partial charge in [0.1, 0.15) is 0 Å². The summed E-state index contributed by atoms with van der Waals surface area (Å²) in [6, 6.07) is 6.48. The minimum Gasteiger partial charge on any atom is -0.472 e. The lowest BCUT2D eigenvalue weighted by molar-refractivity contribution is -0.137. The number of nitrogens with zero attached hydrogens (tertiary/aromatic N) is 1. The van der Waals surface area contributed by atoms with Crippen LogP contribution in [-0.2, 0) is 17.5 Å². The summed E-state index contributed by atoms with van der Waals surface area (Å²) in [7, 11) is 0. The highest BCUT2D eigenvalue weighted by molar-refractivity contribution is 5.90. The normalized spacial score (nSPS) is 18.4. The number of alkyl halides is 3. The van der Waals surface area contributed by atoms with Crippen LogP contribution < -0.4 is 5.32 Å². The minimum atomic E-state index is -4.37. The highest BCUT2D eigenvalue weighted by Crippen LogP contribution is 2.30. The molecule has 0 bridgehead atoms. The Balaban J connectivity index is 1.43. The topological polar surface area (TPSA) is 45.5 Å². The maximum atomic E-state index is 12.6. The SMILES string of the molecule is O=C(CCC1CCCN(Cc2ccoc2)C1)Nc1ccc(C(F)(F)F)cc1. The maximum absolute atomic E-state index is 12.6. The average Bonchev–Trinajstić information content (AvgIpc) is 3.13. The number of halogens is 3. The van der Waals surface area contributed by atoms with Crippen molar-refractivity contribution >= 4 is 11.6 Å². The van der Waals surface area contributed by atoms with Crippen LogP contribution in [0.4, 0.5) is 18.9 Å². The second-order valence-corrected chi connectivity index (χ2v) is 7.04. The second kappa shape index (κ2) is 8.61. The summed E-state index contributed by atoms with van der Waals surface area (Å²) >= 11 is 0. The van der Waals surface area contributed by atoms with Crippen molar-refractivity contribution in [2.75, 3.05) is 18.4 Å². The predicted molar refractivity (Wildman–Crippen MR) is 96.0 cm³/mol. The molecule has 0 radical (unpaired) electrons. The van der Waals surface area contributed by atoms with Crippen LogP contribution in [0.2, 0.25) is 0 Å². The van der Waals surface area contributed by atoms with Crippen molar-refractivity contribution in [1.82, 2.24) is 4.90 Å². The standard InChI is InChI=1S/C20H23F3N2O2/c21-20(22,23)17-4-6-18(7-5-17)24-19(26)8-3-15-2-1-10-25(12-15)13-16-9-11-27-14-16/h4-7,9,11,14-15H,1-3,8,10,12-13H2,(H,24,26). The molecule has 0 aliphatic carbocycles. The van der Waals surface area contributed by atoms with Crippen LogP contribution in [-0.4, -0.2) is 23.9 Å². The lowest BCUT2D eigenvalue weighted by atomic mass is 9.93. The molecule has 0 saturated carbocycles. The highest BCUT2D eigenvalue weighted by Gasteiger charge is 2.30. The first-order valence-corrected chi connectivity index (χ1v) is 9.11. The number of rotatable bonds is 6. The van der Waals surface area contributed by atoms with Crippen LogP contribution in [0.1, 0.15) is 36.8 Å². The van der Waals surface area contributed by atoms with Crippen LogP contribution in [0.25, 0.3) is 0 Å². The molecule has 146 valence electrons. The maximum Gasteiger partial charge on any atom is 0.416 e. The summed E-state index contributed by atoms with van der Waals surface area (Å²) in [5.74, 6) is 0.283. The van der Waals surface area contributed by atoms with E-state index in [0.29, 0.717) is 18.0 Å². The van der Waals surface area contributed by atoms with Gasteiger partial charge < -0.3 is 9.73 Å². The zero-order chi connectivity index (χ0) is 19.3. The molecule has 1 atom stereocenters. The van der Waals surface area contributed by atoms with Gasteiger partial charge in [-0.05, 0) is 62.1 Å². The van der Waals surface area contributed by atoms with Gasteiger partial charge >= 0.3 is 6.18 Å². The van der Waals surface area contributed by atoms with E-state index in [1.54, 1.807) is 12.5 Å². The van der Waals surface area contributed by atoms with Gasteiger partial charge in [0.05, 0.1) is 18.1 Å². The lowest BCUT2D eigenvalue weighted by Gasteiger charge is -2.32. The van der Waals surface area contributed by atoms with Crippen molar-refractivity contribution in [2.45, 2.75) is 38.4 Å². The van der Waals surface area contributed by atoms with E-state index >= 15 is 0 Å². The summed E-state index contributed by atoms with van der Waals surface area (Å²) in [6.07, 6.45) is 2.38.